The Morgan fingerprint density at radius 3 is 2.67 bits per heavy atom. The lowest BCUT2D eigenvalue weighted by atomic mass is 10.2. The van der Waals surface area contributed by atoms with E-state index in [9.17, 15) is 9.59 Å². The Balaban J connectivity index is 2.42. The number of carboxylic acids is 1. The van der Waals surface area contributed by atoms with Crippen LogP contribution >= 0.6 is 11.6 Å². The van der Waals surface area contributed by atoms with E-state index < -0.39 is 12.0 Å². The predicted octanol–water partition coefficient (Wildman–Crippen LogP) is 2.71. The first-order chi connectivity index (χ1) is 8.49. The van der Waals surface area contributed by atoms with Gasteiger partial charge in [-0.3, -0.25) is 4.79 Å². The third-order valence-corrected chi connectivity index (χ3v) is 2.62. The molecule has 6 heteroatoms. The molecule has 18 heavy (non-hydrogen) atoms. The number of benzene rings is 1. The highest BCUT2D eigenvalue weighted by Crippen LogP contribution is 2.20. The number of nitrogens with one attached hydrogen (secondary N) is 2. The molecule has 0 aliphatic rings. The maximum Gasteiger partial charge on any atom is 0.319 e. The highest BCUT2D eigenvalue weighted by Gasteiger charge is 2.10. The van der Waals surface area contributed by atoms with Crippen molar-refractivity contribution in [2.75, 3.05) is 5.32 Å². The number of hydrogen-bond donors (Lipinski definition) is 3. The van der Waals surface area contributed by atoms with Crippen molar-refractivity contribution >= 4 is 29.3 Å². The van der Waals surface area contributed by atoms with Crippen LogP contribution in [0.25, 0.3) is 0 Å². The van der Waals surface area contributed by atoms with E-state index in [2.05, 4.69) is 10.6 Å². The number of carbonyl (C=O) groups excluding carboxylic acids is 1. The maximum atomic E-state index is 11.6. The Morgan fingerprint density at radius 2 is 2.06 bits per heavy atom. The molecule has 5 nitrogen and oxygen atoms in total. The van der Waals surface area contributed by atoms with Gasteiger partial charge in [-0.2, -0.15) is 0 Å². The van der Waals surface area contributed by atoms with Crippen LogP contribution in [0.15, 0.2) is 24.3 Å². The summed E-state index contributed by atoms with van der Waals surface area (Å²) >= 11 is 5.89. The molecule has 98 valence electrons. The van der Waals surface area contributed by atoms with Gasteiger partial charge < -0.3 is 15.7 Å². The molecule has 1 aromatic carbocycles. The number of amides is 2. The molecule has 1 rings (SSSR count). The van der Waals surface area contributed by atoms with Gasteiger partial charge >= 0.3 is 12.0 Å². The van der Waals surface area contributed by atoms with Crippen LogP contribution in [0.4, 0.5) is 10.5 Å². The van der Waals surface area contributed by atoms with E-state index in [1.807, 2.05) is 0 Å². The Bertz CT molecular complexity index is 437. The SMILES string of the molecule is CC(CCC(=O)O)NC(=O)Nc1ccccc1Cl. The molecule has 1 unspecified atom stereocenters. The van der Waals surface area contributed by atoms with Crippen molar-refractivity contribution in [3.63, 3.8) is 0 Å². The fraction of sp³-hybridized carbons (Fsp3) is 0.333. The van der Waals surface area contributed by atoms with Crippen molar-refractivity contribution in [2.24, 2.45) is 0 Å². The lowest BCUT2D eigenvalue weighted by Crippen LogP contribution is -2.36. The second-order valence-electron chi connectivity index (χ2n) is 3.91. The number of carboxylic acid groups (broad SMARTS) is 1. The molecule has 0 aromatic heterocycles. The summed E-state index contributed by atoms with van der Waals surface area (Å²) in [5, 5.41) is 14.2. The van der Waals surface area contributed by atoms with Crippen LogP contribution < -0.4 is 10.6 Å². The number of carbonyl (C=O) groups is 2. The van der Waals surface area contributed by atoms with E-state index in [0.29, 0.717) is 17.1 Å². The Hall–Kier alpha value is -1.75. The van der Waals surface area contributed by atoms with Crippen molar-refractivity contribution in [3.8, 4) is 0 Å². The van der Waals surface area contributed by atoms with Crippen LogP contribution in [0.3, 0.4) is 0 Å². The molecule has 0 bridgehead atoms. The third-order valence-electron chi connectivity index (χ3n) is 2.29. The van der Waals surface area contributed by atoms with Gasteiger partial charge in [-0.25, -0.2) is 4.79 Å². The zero-order valence-corrected chi connectivity index (χ0v) is 10.7. The molecule has 1 atom stereocenters. The van der Waals surface area contributed by atoms with Gasteiger partial charge in [0.25, 0.3) is 0 Å². The van der Waals surface area contributed by atoms with Crippen molar-refractivity contribution in [2.45, 2.75) is 25.8 Å². The molecule has 2 amide bonds. The van der Waals surface area contributed by atoms with Gasteiger partial charge in [-0.15, -0.1) is 0 Å². The molecule has 0 spiro atoms. The molecule has 0 aliphatic carbocycles. The molecule has 0 saturated carbocycles. The number of urea groups is 1. The Labute approximate surface area is 110 Å². The number of hydrogen-bond acceptors (Lipinski definition) is 2. The molecule has 0 saturated heterocycles. The first-order valence-corrected chi connectivity index (χ1v) is 5.90. The van der Waals surface area contributed by atoms with Crippen LogP contribution in [-0.2, 0) is 4.79 Å². The zero-order chi connectivity index (χ0) is 13.5. The van der Waals surface area contributed by atoms with E-state index in [4.69, 9.17) is 16.7 Å². The van der Waals surface area contributed by atoms with E-state index in [0.717, 1.165) is 0 Å². The largest absolute Gasteiger partial charge is 0.481 e. The smallest absolute Gasteiger partial charge is 0.319 e. The monoisotopic (exact) mass is 270 g/mol. The fourth-order valence-electron chi connectivity index (χ4n) is 1.36. The first-order valence-electron chi connectivity index (χ1n) is 5.53. The van der Waals surface area contributed by atoms with Gasteiger partial charge in [0.2, 0.25) is 0 Å². The molecule has 0 radical (unpaired) electrons. The van der Waals surface area contributed by atoms with E-state index >= 15 is 0 Å². The summed E-state index contributed by atoms with van der Waals surface area (Å²) in [6, 6.07) is 6.26. The minimum atomic E-state index is -0.879. The fourth-order valence-corrected chi connectivity index (χ4v) is 1.54. The van der Waals surface area contributed by atoms with Crippen molar-refractivity contribution < 1.29 is 14.7 Å². The number of aliphatic carboxylic acids is 1. The minimum Gasteiger partial charge on any atom is -0.481 e. The molecule has 0 fully saturated rings. The Morgan fingerprint density at radius 1 is 1.39 bits per heavy atom. The van der Waals surface area contributed by atoms with E-state index in [1.54, 1.807) is 31.2 Å². The summed E-state index contributed by atoms with van der Waals surface area (Å²) in [6.07, 6.45) is 0.402. The van der Waals surface area contributed by atoms with Crippen LogP contribution in [0.1, 0.15) is 19.8 Å². The molecule has 0 aliphatic heterocycles. The Kier molecular flexibility index (Phi) is 5.45. The van der Waals surface area contributed by atoms with Crippen molar-refractivity contribution in [3.05, 3.63) is 29.3 Å². The van der Waals surface area contributed by atoms with Crippen molar-refractivity contribution in [1.29, 1.82) is 0 Å². The van der Waals surface area contributed by atoms with Crippen molar-refractivity contribution in [1.82, 2.24) is 5.32 Å². The third kappa shape index (κ3) is 5.05. The average molecular weight is 271 g/mol. The topological polar surface area (TPSA) is 78.4 Å². The summed E-state index contributed by atoms with van der Waals surface area (Å²) in [6.45, 7) is 1.75. The average Bonchev–Trinajstić information content (AvgIpc) is 2.29. The van der Waals surface area contributed by atoms with Gasteiger partial charge in [0.1, 0.15) is 0 Å². The predicted molar refractivity (Wildman–Crippen MR) is 69.9 cm³/mol. The van der Waals surface area contributed by atoms with Gasteiger partial charge in [-0.1, -0.05) is 23.7 Å². The summed E-state index contributed by atoms with van der Waals surface area (Å²) < 4.78 is 0. The number of para-hydroxylation sites is 1. The van der Waals surface area contributed by atoms with Gasteiger partial charge in [0, 0.05) is 12.5 Å². The van der Waals surface area contributed by atoms with Crippen LogP contribution in [0, 0.1) is 0 Å². The zero-order valence-electron chi connectivity index (χ0n) is 9.94. The summed E-state index contributed by atoms with van der Waals surface area (Å²) in [4.78, 5) is 22.0. The van der Waals surface area contributed by atoms with Gasteiger partial charge in [0.15, 0.2) is 0 Å². The normalized spacial score (nSPS) is 11.7. The number of anilines is 1. The molecular weight excluding hydrogens is 256 g/mol. The number of rotatable bonds is 5. The summed E-state index contributed by atoms with van der Waals surface area (Å²) in [5.74, 6) is -0.879. The van der Waals surface area contributed by atoms with Gasteiger partial charge in [-0.05, 0) is 25.5 Å². The maximum absolute atomic E-state index is 11.6. The standard InChI is InChI=1S/C12H15ClN2O3/c1-8(6-7-11(16)17)14-12(18)15-10-5-3-2-4-9(10)13/h2-5,8H,6-7H2,1H3,(H,16,17)(H2,14,15,18). The molecule has 3 N–H and O–H groups in total. The quantitative estimate of drug-likeness (QED) is 0.770. The van der Waals surface area contributed by atoms with Gasteiger partial charge in [0.05, 0.1) is 10.7 Å². The summed E-state index contributed by atoms with van der Waals surface area (Å²) in [7, 11) is 0. The summed E-state index contributed by atoms with van der Waals surface area (Å²) in [5.41, 5.74) is 0.516. The van der Waals surface area contributed by atoms with E-state index in [1.165, 1.54) is 0 Å². The molecule has 0 heterocycles. The minimum absolute atomic E-state index is 0.0214. The lowest BCUT2D eigenvalue weighted by molar-refractivity contribution is -0.137. The second kappa shape index (κ2) is 6.86. The lowest BCUT2D eigenvalue weighted by Gasteiger charge is -2.14. The van der Waals surface area contributed by atoms with Crippen LogP contribution in [0.2, 0.25) is 5.02 Å². The van der Waals surface area contributed by atoms with Crippen LogP contribution in [0.5, 0.6) is 0 Å². The highest BCUT2D eigenvalue weighted by molar-refractivity contribution is 6.33. The highest BCUT2D eigenvalue weighted by atomic mass is 35.5. The first kappa shape index (κ1) is 14.3. The molecule has 1 aromatic rings. The van der Waals surface area contributed by atoms with E-state index in [-0.39, 0.29) is 12.5 Å². The second-order valence-corrected chi connectivity index (χ2v) is 4.32. The van der Waals surface area contributed by atoms with Crippen LogP contribution in [-0.4, -0.2) is 23.1 Å². The number of halogens is 1. The molecular formula is C12H15ClN2O3.